The number of H-pyrrole nitrogens is 2. The molecule has 0 bridgehead atoms. The van der Waals surface area contributed by atoms with E-state index < -0.39 is 0 Å². The maximum atomic E-state index is 13.2. The molecule has 1 aliphatic heterocycles. The highest BCUT2D eigenvalue weighted by atomic mass is 19.1. The van der Waals surface area contributed by atoms with Gasteiger partial charge in [0.2, 0.25) is 5.88 Å². The first-order chi connectivity index (χ1) is 15.6. The zero-order valence-corrected chi connectivity index (χ0v) is 17.6. The van der Waals surface area contributed by atoms with Crippen LogP contribution in [0.1, 0.15) is 18.5 Å². The fourth-order valence-corrected chi connectivity index (χ4v) is 4.08. The lowest BCUT2D eigenvalue weighted by Crippen LogP contribution is -2.47. The predicted octanol–water partition coefficient (Wildman–Crippen LogP) is 3.46. The van der Waals surface area contributed by atoms with Crippen molar-refractivity contribution in [1.29, 1.82) is 0 Å². The summed E-state index contributed by atoms with van der Waals surface area (Å²) in [6.07, 6.45) is 1.48. The van der Waals surface area contributed by atoms with Gasteiger partial charge in [0.1, 0.15) is 23.5 Å². The maximum Gasteiger partial charge on any atom is 0.323 e. The maximum absolute atomic E-state index is 13.2. The van der Waals surface area contributed by atoms with Gasteiger partial charge in [0, 0.05) is 38.3 Å². The largest absolute Gasteiger partial charge is 0.437 e. The van der Waals surface area contributed by atoms with Crippen LogP contribution in [0.25, 0.3) is 11.0 Å². The fraction of sp³-hybridized carbons (Fsp3) is 0.261. The number of ether oxygens (including phenoxy) is 1. The Morgan fingerprint density at radius 3 is 2.59 bits per heavy atom. The summed E-state index contributed by atoms with van der Waals surface area (Å²) in [5.74, 6) is 1.50. The SMILES string of the molecule is C[C@@H](c1ccc(F)cc1)N1CCN(c2cc(Oc3cccc4[nH]c(=O)[nH]c34)ncn2)CC1. The van der Waals surface area contributed by atoms with E-state index >= 15 is 0 Å². The van der Waals surface area contributed by atoms with Gasteiger partial charge in [-0.3, -0.25) is 4.90 Å². The van der Waals surface area contributed by atoms with Crippen molar-refractivity contribution in [3.8, 4) is 11.6 Å². The number of aromatic nitrogens is 4. The summed E-state index contributed by atoms with van der Waals surface area (Å²) in [4.78, 5) is 30.3. The molecule has 1 fully saturated rings. The van der Waals surface area contributed by atoms with Crippen molar-refractivity contribution < 1.29 is 9.13 Å². The van der Waals surface area contributed by atoms with E-state index in [1.165, 1.54) is 18.5 Å². The summed E-state index contributed by atoms with van der Waals surface area (Å²) in [6.45, 7) is 5.49. The van der Waals surface area contributed by atoms with Crippen molar-refractivity contribution in [2.45, 2.75) is 13.0 Å². The Hall–Kier alpha value is -3.72. The van der Waals surface area contributed by atoms with Crippen LogP contribution >= 0.6 is 0 Å². The fourth-order valence-electron chi connectivity index (χ4n) is 4.08. The summed E-state index contributed by atoms with van der Waals surface area (Å²) in [5, 5.41) is 0. The highest BCUT2D eigenvalue weighted by molar-refractivity contribution is 5.81. The van der Waals surface area contributed by atoms with Crippen LogP contribution in [0.15, 0.2) is 59.7 Å². The van der Waals surface area contributed by atoms with Gasteiger partial charge < -0.3 is 19.6 Å². The molecular formula is C23H23FN6O2. The minimum absolute atomic E-state index is 0.214. The standard InChI is InChI=1S/C23H23FN6O2/c1-15(16-5-7-17(24)8-6-16)29-9-11-30(12-10-29)20-13-21(26-14-25-20)32-19-4-2-3-18-22(19)28-23(31)27-18/h2-8,13-15H,9-12H2,1H3,(H2,27,28,31)/t15-/m0/s1. The highest BCUT2D eigenvalue weighted by Gasteiger charge is 2.23. The summed E-state index contributed by atoms with van der Waals surface area (Å²) in [7, 11) is 0. The average Bonchev–Trinajstić information content (AvgIpc) is 3.21. The third-order valence-electron chi connectivity index (χ3n) is 5.89. The van der Waals surface area contributed by atoms with Gasteiger partial charge in [0.05, 0.1) is 5.52 Å². The number of fused-ring (bicyclic) bond motifs is 1. The Labute approximate surface area is 183 Å². The van der Waals surface area contributed by atoms with Crippen LogP contribution < -0.4 is 15.3 Å². The van der Waals surface area contributed by atoms with E-state index in [0.717, 1.165) is 37.6 Å². The Morgan fingerprint density at radius 2 is 1.81 bits per heavy atom. The van der Waals surface area contributed by atoms with Crippen LogP contribution in [0, 0.1) is 5.82 Å². The van der Waals surface area contributed by atoms with Crippen LogP contribution in [0.5, 0.6) is 11.6 Å². The van der Waals surface area contributed by atoms with Crippen molar-refractivity contribution in [1.82, 2.24) is 24.8 Å². The Kier molecular flexibility index (Phi) is 5.32. The molecule has 1 atom stereocenters. The first-order valence-corrected chi connectivity index (χ1v) is 10.5. The number of benzene rings is 2. The second-order valence-corrected chi connectivity index (χ2v) is 7.82. The van der Waals surface area contributed by atoms with E-state index in [9.17, 15) is 9.18 Å². The molecule has 0 radical (unpaired) electrons. The van der Waals surface area contributed by atoms with Crippen LogP contribution in [-0.2, 0) is 0 Å². The van der Waals surface area contributed by atoms with Crippen molar-refractivity contribution in [3.63, 3.8) is 0 Å². The topological polar surface area (TPSA) is 90.1 Å². The Balaban J connectivity index is 1.27. The number of aromatic amines is 2. The zero-order valence-electron chi connectivity index (χ0n) is 17.6. The Bertz CT molecular complexity index is 1280. The normalized spacial score (nSPS) is 15.8. The third kappa shape index (κ3) is 4.06. The Morgan fingerprint density at radius 1 is 1.03 bits per heavy atom. The van der Waals surface area contributed by atoms with E-state index in [1.54, 1.807) is 12.1 Å². The lowest BCUT2D eigenvalue weighted by Gasteiger charge is -2.38. The van der Waals surface area contributed by atoms with Crippen molar-refractivity contribution >= 4 is 16.9 Å². The predicted molar refractivity (Wildman–Crippen MR) is 120 cm³/mol. The molecule has 8 nitrogen and oxygen atoms in total. The van der Waals surface area contributed by atoms with Crippen molar-refractivity contribution in [2.75, 3.05) is 31.1 Å². The molecule has 0 unspecified atom stereocenters. The molecule has 4 aromatic rings. The van der Waals surface area contributed by atoms with E-state index in [0.29, 0.717) is 22.7 Å². The molecular weight excluding hydrogens is 411 g/mol. The van der Waals surface area contributed by atoms with Gasteiger partial charge in [-0.15, -0.1) is 0 Å². The summed E-state index contributed by atoms with van der Waals surface area (Å²) >= 11 is 0. The molecule has 9 heteroatoms. The van der Waals surface area contributed by atoms with Gasteiger partial charge in [-0.1, -0.05) is 18.2 Å². The molecule has 0 saturated carbocycles. The number of anilines is 1. The molecule has 0 aliphatic carbocycles. The highest BCUT2D eigenvalue weighted by Crippen LogP contribution is 2.28. The number of nitrogens with zero attached hydrogens (tertiary/aromatic N) is 4. The van der Waals surface area contributed by atoms with Crippen LogP contribution in [0.2, 0.25) is 0 Å². The van der Waals surface area contributed by atoms with Gasteiger partial charge in [-0.25, -0.2) is 19.2 Å². The van der Waals surface area contributed by atoms with Crippen LogP contribution in [-0.4, -0.2) is 51.0 Å². The smallest absolute Gasteiger partial charge is 0.323 e. The summed E-state index contributed by atoms with van der Waals surface area (Å²) < 4.78 is 19.2. The first-order valence-electron chi connectivity index (χ1n) is 10.5. The van der Waals surface area contributed by atoms with Gasteiger partial charge in [0.15, 0.2) is 5.75 Å². The zero-order chi connectivity index (χ0) is 22.1. The second kappa shape index (κ2) is 8.43. The molecule has 1 aliphatic rings. The first kappa shape index (κ1) is 20.2. The molecule has 2 aromatic carbocycles. The molecule has 0 spiro atoms. The van der Waals surface area contributed by atoms with Gasteiger partial charge in [-0.2, -0.15) is 0 Å². The number of para-hydroxylation sites is 1. The number of nitrogens with one attached hydrogen (secondary N) is 2. The monoisotopic (exact) mass is 434 g/mol. The molecule has 2 aromatic heterocycles. The molecule has 0 amide bonds. The molecule has 5 rings (SSSR count). The number of halogens is 1. The average molecular weight is 434 g/mol. The minimum Gasteiger partial charge on any atom is -0.437 e. The van der Waals surface area contributed by atoms with Crippen LogP contribution in [0.4, 0.5) is 10.2 Å². The van der Waals surface area contributed by atoms with Crippen molar-refractivity contribution in [2.24, 2.45) is 0 Å². The number of hydrogen-bond acceptors (Lipinski definition) is 6. The van der Waals surface area contributed by atoms with Gasteiger partial charge in [-0.05, 0) is 36.8 Å². The lowest BCUT2D eigenvalue weighted by molar-refractivity contribution is 0.198. The van der Waals surface area contributed by atoms with E-state index in [-0.39, 0.29) is 17.5 Å². The molecule has 32 heavy (non-hydrogen) atoms. The summed E-state index contributed by atoms with van der Waals surface area (Å²) in [6, 6.07) is 14.1. The van der Waals surface area contributed by atoms with Gasteiger partial charge >= 0.3 is 5.69 Å². The van der Waals surface area contributed by atoms with E-state index in [4.69, 9.17) is 4.74 Å². The third-order valence-corrected chi connectivity index (χ3v) is 5.89. The molecule has 3 heterocycles. The van der Waals surface area contributed by atoms with Crippen molar-refractivity contribution in [3.05, 3.63) is 76.7 Å². The molecule has 164 valence electrons. The molecule has 2 N–H and O–H groups in total. The lowest BCUT2D eigenvalue weighted by atomic mass is 10.1. The minimum atomic E-state index is -0.285. The quantitative estimate of drug-likeness (QED) is 0.500. The van der Waals surface area contributed by atoms with E-state index in [2.05, 4.69) is 36.7 Å². The number of hydrogen-bond donors (Lipinski definition) is 2. The number of piperazine rings is 1. The van der Waals surface area contributed by atoms with E-state index in [1.807, 2.05) is 24.3 Å². The number of imidazole rings is 1. The van der Waals surface area contributed by atoms with Gasteiger partial charge in [0.25, 0.3) is 0 Å². The summed E-state index contributed by atoms with van der Waals surface area (Å²) in [5.41, 5.74) is 2.09. The second-order valence-electron chi connectivity index (χ2n) is 7.82. The number of rotatable bonds is 5. The molecule has 1 saturated heterocycles. The van der Waals surface area contributed by atoms with Crippen LogP contribution in [0.3, 0.4) is 0 Å².